The number of ether oxygens (including phenoxy) is 1. The molecule has 0 unspecified atom stereocenters. The fourth-order valence-corrected chi connectivity index (χ4v) is 3.04. The van der Waals surface area contributed by atoms with Crippen LogP contribution in [0.4, 0.5) is 5.13 Å². The summed E-state index contributed by atoms with van der Waals surface area (Å²) in [5.74, 6) is 0.831. The summed E-state index contributed by atoms with van der Waals surface area (Å²) in [5, 5.41) is 1.46. The normalized spacial score (nSPS) is 11.1. The van der Waals surface area contributed by atoms with E-state index in [0.29, 0.717) is 0 Å². The van der Waals surface area contributed by atoms with Crippen LogP contribution in [0, 0.1) is 6.92 Å². The number of aromatic nitrogens is 1. The summed E-state index contributed by atoms with van der Waals surface area (Å²) in [4.78, 5) is 10.2. The maximum Gasteiger partial charge on any atom is 0.209 e. The number of nitrogens with zero attached hydrogens (tertiary/aromatic N) is 2. The second-order valence-electron chi connectivity index (χ2n) is 4.94. The largest absolute Gasteiger partial charge is 0.497 e. The fraction of sp³-hybridized carbons (Fsp3) is 0.111. The molecule has 0 radical (unpaired) electrons. The molecule has 1 aromatic heterocycles. The van der Waals surface area contributed by atoms with Gasteiger partial charge >= 0.3 is 0 Å². The van der Waals surface area contributed by atoms with Crippen molar-refractivity contribution in [1.82, 2.24) is 4.98 Å². The number of aryl methyl sites for hydroxylation is 1. The third-order valence-corrected chi connectivity index (χ3v) is 4.47. The molecule has 0 amide bonds. The van der Waals surface area contributed by atoms with Gasteiger partial charge in [-0.05, 0) is 48.9 Å². The van der Waals surface area contributed by atoms with Gasteiger partial charge in [0.1, 0.15) is 5.75 Å². The van der Waals surface area contributed by atoms with Crippen molar-refractivity contribution < 1.29 is 4.74 Å². The van der Waals surface area contributed by atoms with Gasteiger partial charge in [-0.2, -0.15) is 0 Å². The Labute approximate surface area is 144 Å². The number of hydrogen-bond donors (Lipinski definition) is 0. The summed E-state index contributed by atoms with van der Waals surface area (Å²) in [5.41, 5.74) is 3.01. The Morgan fingerprint density at radius 3 is 2.43 bits per heavy atom. The number of hydrogen-bond acceptors (Lipinski definition) is 4. The second-order valence-corrected chi connectivity index (χ2v) is 6.56. The molecule has 3 rings (SSSR count). The van der Waals surface area contributed by atoms with Crippen molar-refractivity contribution in [2.24, 2.45) is 4.99 Å². The summed E-state index contributed by atoms with van der Waals surface area (Å²) >= 11 is 7.51. The first kappa shape index (κ1) is 15.7. The molecule has 0 spiro atoms. The van der Waals surface area contributed by atoms with Crippen molar-refractivity contribution in [2.45, 2.75) is 6.92 Å². The molecule has 0 N–H and O–H groups in total. The minimum Gasteiger partial charge on any atom is -0.497 e. The van der Waals surface area contributed by atoms with Crippen LogP contribution in [0.15, 0.2) is 53.5 Å². The molecular formula is C18H15ClN2OS. The molecule has 1 heterocycles. The highest BCUT2D eigenvalue weighted by molar-refractivity contribution is 7.15. The molecule has 0 aliphatic carbocycles. The Kier molecular flexibility index (Phi) is 4.74. The van der Waals surface area contributed by atoms with Crippen LogP contribution in [0.5, 0.6) is 5.75 Å². The Bertz CT molecular complexity index is 823. The zero-order chi connectivity index (χ0) is 16.2. The summed E-state index contributed by atoms with van der Waals surface area (Å²) in [7, 11) is 1.65. The van der Waals surface area contributed by atoms with Crippen LogP contribution in [0.2, 0.25) is 5.02 Å². The van der Waals surface area contributed by atoms with Gasteiger partial charge in [-0.15, -0.1) is 0 Å². The molecule has 3 nitrogen and oxygen atoms in total. The van der Waals surface area contributed by atoms with E-state index in [1.165, 1.54) is 0 Å². The number of aliphatic imine (C=N–C) groups is 1. The van der Waals surface area contributed by atoms with Gasteiger partial charge in [0.15, 0.2) is 0 Å². The van der Waals surface area contributed by atoms with E-state index in [2.05, 4.69) is 9.98 Å². The van der Waals surface area contributed by atoms with E-state index in [1.807, 2.05) is 61.7 Å². The Hall–Kier alpha value is -2.17. The fourth-order valence-electron chi connectivity index (χ4n) is 2.13. The third-order valence-electron chi connectivity index (χ3n) is 3.34. The van der Waals surface area contributed by atoms with Gasteiger partial charge in [0, 0.05) is 21.7 Å². The average molecular weight is 343 g/mol. The highest BCUT2D eigenvalue weighted by Crippen LogP contribution is 2.32. The minimum absolute atomic E-state index is 0.722. The highest BCUT2D eigenvalue weighted by atomic mass is 35.5. The molecule has 0 fully saturated rings. The first-order chi connectivity index (χ1) is 11.2. The Morgan fingerprint density at radius 2 is 1.78 bits per heavy atom. The molecule has 0 atom stereocenters. The summed E-state index contributed by atoms with van der Waals surface area (Å²) < 4.78 is 5.14. The van der Waals surface area contributed by atoms with Gasteiger partial charge in [0.2, 0.25) is 5.13 Å². The SMILES string of the molecule is COc1ccc(/C=N/c2nc(-c3ccc(Cl)cc3)c(C)s2)cc1. The van der Waals surface area contributed by atoms with Crippen molar-refractivity contribution in [1.29, 1.82) is 0 Å². The van der Waals surface area contributed by atoms with Crippen LogP contribution in [-0.2, 0) is 0 Å². The molecule has 0 saturated carbocycles. The molecule has 5 heteroatoms. The topological polar surface area (TPSA) is 34.5 Å². The molecule has 23 heavy (non-hydrogen) atoms. The number of methoxy groups -OCH3 is 1. The molecule has 3 aromatic rings. The number of rotatable bonds is 4. The number of thiazole rings is 1. The van der Waals surface area contributed by atoms with Crippen molar-refractivity contribution in [3.8, 4) is 17.0 Å². The maximum atomic E-state index is 5.93. The van der Waals surface area contributed by atoms with Crippen LogP contribution in [0.25, 0.3) is 11.3 Å². The smallest absolute Gasteiger partial charge is 0.209 e. The predicted molar refractivity (Wildman–Crippen MR) is 97.5 cm³/mol. The van der Waals surface area contributed by atoms with Crippen LogP contribution < -0.4 is 4.74 Å². The average Bonchev–Trinajstić information content (AvgIpc) is 2.95. The van der Waals surface area contributed by atoms with Crippen molar-refractivity contribution in [3.63, 3.8) is 0 Å². The van der Waals surface area contributed by atoms with Gasteiger partial charge < -0.3 is 4.74 Å². The van der Waals surface area contributed by atoms with E-state index < -0.39 is 0 Å². The molecule has 0 aliphatic rings. The lowest BCUT2D eigenvalue weighted by Crippen LogP contribution is -1.84. The highest BCUT2D eigenvalue weighted by Gasteiger charge is 2.09. The van der Waals surface area contributed by atoms with E-state index >= 15 is 0 Å². The maximum absolute atomic E-state index is 5.93. The predicted octanol–water partition coefficient (Wildman–Crippen LogP) is 5.53. The molecule has 0 bridgehead atoms. The van der Waals surface area contributed by atoms with Gasteiger partial charge in [-0.1, -0.05) is 35.1 Å². The van der Waals surface area contributed by atoms with Gasteiger partial charge in [0.25, 0.3) is 0 Å². The van der Waals surface area contributed by atoms with E-state index in [9.17, 15) is 0 Å². The number of halogens is 1. The molecular weight excluding hydrogens is 328 g/mol. The molecule has 0 aliphatic heterocycles. The second kappa shape index (κ2) is 6.94. The molecule has 0 saturated heterocycles. The standard InChI is InChI=1S/C18H15ClN2OS/c1-12-17(14-5-7-15(19)8-6-14)21-18(23-12)20-11-13-3-9-16(22-2)10-4-13/h3-11H,1-2H3/b20-11+. The van der Waals surface area contributed by atoms with Crippen LogP contribution in [0.3, 0.4) is 0 Å². The quantitative estimate of drug-likeness (QED) is 0.584. The lowest BCUT2D eigenvalue weighted by Gasteiger charge is -1.98. The van der Waals surface area contributed by atoms with Gasteiger partial charge in [-0.3, -0.25) is 0 Å². The van der Waals surface area contributed by atoms with E-state index in [0.717, 1.165) is 37.6 Å². The number of benzene rings is 2. The lowest BCUT2D eigenvalue weighted by molar-refractivity contribution is 0.415. The zero-order valence-corrected chi connectivity index (χ0v) is 14.4. The minimum atomic E-state index is 0.722. The van der Waals surface area contributed by atoms with E-state index in [1.54, 1.807) is 18.4 Å². The molecule has 116 valence electrons. The van der Waals surface area contributed by atoms with E-state index in [4.69, 9.17) is 16.3 Å². The summed E-state index contributed by atoms with van der Waals surface area (Å²) in [6, 6.07) is 15.4. The zero-order valence-electron chi connectivity index (χ0n) is 12.8. The third kappa shape index (κ3) is 3.78. The van der Waals surface area contributed by atoms with Crippen molar-refractivity contribution in [2.75, 3.05) is 7.11 Å². The van der Waals surface area contributed by atoms with Crippen LogP contribution in [0.1, 0.15) is 10.4 Å². The monoisotopic (exact) mass is 342 g/mol. The Balaban J connectivity index is 1.82. The Morgan fingerprint density at radius 1 is 1.09 bits per heavy atom. The van der Waals surface area contributed by atoms with E-state index in [-0.39, 0.29) is 0 Å². The van der Waals surface area contributed by atoms with Gasteiger partial charge in [-0.25, -0.2) is 9.98 Å². The summed E-state index contributed by atoms with van der Waals surface area (Å²) in [6.07, 6.45) is 1.81. The summed E-state index contributed by atoms with van der Waals surface area (Å²) in [6.45, 7) is 2.05. The van der Waals surface area contributed by atoms with Crippen molar-refractivity contribution >= 4 is 34.3 Å². The first-order valence-corrected chi connectivity index (χ1v) is 8.26. The van der Waals surface area contributed by atoms with Gasteiger partial charge in [0.05, 0.1) is 12.8 Å². The first-order valence-electron chi connectivity index (χ1n) is 7.07. The van der Waals surface area contributed by atoms with Crippen LogP contribution >= 0.6 is 22.9 Å². The van der Waals surface area contributed by atoms with Crippen molar-refractivity contribution in [3.05, 3.63) is 64.0 Å². The van der Waals surface area contributed by atoms with Crippen LogP contribution in [-0.4, -0.2) is 18.3 Å². The molecule has 2 aromatic carbocycles. The lowest BCUT2D eigenvalue weighted by atomic mass is 10.1.